The van der Waals surface area contributed by atoms with Gasteiger partial charge in [-0.15, -0.1) is 0 Å². The molecule has 0 fully saturated rings. The number of ether oxygens (including phenoxy) is 2. The molecule has 2 atom stereocenters. The Morgan fingerprint density at radius 1 is 1.38 bits per heavy atom. The summed E-state index contributed by atoms with van der Waals surface area (Å²) in [7, 11) is 1.55. The lowest BCUT2D eigenvalue weighted by Gasteiger charge is -2.34. The molecular formula is C15H22N2O4. The van der Waals surface area contributed by atoms with Crippen molar-refractivity contribution in [3.8, 4) is 0 Å². The van der Waals surface area contributed by atoms with Crippen molar-refractivity contribution in [1.82, 2.24) is 10.6 Å². The number of carbonyl (C=O) groups is 2. The van der Waals surface area contributed by atoms with E-state index < -0.39 is 5.97 Å². The molecule has 2 N–H and O–H groups in total. The molecule has 0 aromatic carbocycles. The summed E-state index contributed by atoms with van der Waals surface area (Å²) in [6, 6.07) is -0.556. The summed E-state index contributed by atoms with van der Waals surface area (Å²) in [6.45, 7) is 2.29. The highest BCUT2D eigenvalue weighted by Gasteiger charge is 2.36. The molecule has 1 aliphatic carbocycles. The van der Waals surface area contributed by atoms with E-state index in [0.717, 1.165) is 19.3 Å². The van der Waals surface area contributed by atoms with E-state index in [2.05, 4.69) is 22.8 Å². The molecule has 2 aliphatic rings. The molecule has 0 radical (unpaired) electrons. The van der Waals surface area contributed by atoms with E-state index in [1.54, 1.807) is 14.0 Å². The van der Waals surface area contributed by atoms with Gasteiger partial charge in [0, 0.05) is 12.8 Å². The Hall–Kier alpha value is -1.82. The van der Waals surface area contributed by atoms with Crippen molar-refractivity contribution in [1.29, 1.82) is 0 Å². The molecule has 2 amide bonds. The average Bonchev–Trinajstić information content (AvgIpc) is 2.47. The number of nitrogens with one attached hydrogen (secondary N) is 2. The Kier molecular flexibility index (Phi) is 5.38. The highest BCUT2D eigenvalue weighted by Crippen LogP contribution is 2.29. The van der Waals surface area contributed by atoms with Crippen LogP contribution in [0.2, 0.25) is 0 Å². The molecule has 116 valence electrons. The minimum Gasteiger partial charge on any atom is -0.460 e. The number of rotatable bonds is 5. The van der Waals surface area contributed by atoms with Crippen molar-refractivity contribution in [2.24, 2.45) is 5.92 Å². The third kappa shape index (κ3) is 3.85. The maximum Gasteiger partial charge on any atom is 0.337 e. The first-order valence-electron chi connectivity index (χ1n) is 7.22. The number of carbonyl (C=O) groups excluding carboxylic acids is 2. The summed E-state index contributed by atoms with van der Waals surface area (Å²) in [4.78, 5) is 24.0. The Morgan fingerprint density at radius 3 is 2.86 bits per heavy atom. The first-order valence-corrected chi connectivity index (χ1v) is 7.22. The van der Waals surface area contributed by atoms with Crippen LogP contribution in [0.3, 0.4) is 0 Å². The van der Waals surface area contributed by atoms with Crippen molar-refractivity contribution >= 4 is 12.0 Å². The fraction of sp³-hybridized carbons (Fsp3) is 0.600. The Balaban J connectivity index is 2.15. The van der Waals surface area contributed by atoms with Gasteiger partial charge in [0.2, 0.25) is 0 Å². The first kappa shape index (κ1) is 15.6. The van der Waals surface area contributed by atoms with Gasteiger partial charge in [-0.1, -0.05) is 12.2 Å². The van der Waals surface area contributed by atoms with Crippen LogP contribution in [-0.4, -0.2) is 38.4 Å². The van der Waals surface area contributed by atoms with Crippen LogP contribution >= 0.6 is 0 Å². The molecule has 1 aliphatic heterocycles. The van der Waals surface area contributed by atoms with Gasteiger partial charge in [-0.3, -0.25) is 0 Å². The van der Waals surface area contributed by atoms with Crippen molar-refractivity contribution in [3.05, 3.63) is 23.4 Å². The van der Waals surface area contributed by atoms with E-state index in [9.17, 15) is 9.59 Å². The lowest BCUT2D eigenvalue weighted by atomic mass is 9.82. The van der Waals surface area contributed by atoms with Crippen molar-refractivity contribution < 1.29 is 19.1 Å². The number of amides is 2. The predicted octanol–water partition coefficient (Wildman–Crippen LogP) is 1.49. The van der Waals surface area contributed by atoms with Crippen LogP contribution in [0.25, 0.3) is 0 Å². The highest BCUT2D eigenvalue weighted by molar-refractivity contribution is 5.94. The van der Waals surface area contributed by atoms with Crippen LogP contribution in [0.4, 0.5) is 4.79 Å². The van der Waals surface area contributed by atoms with E-state index in [1.165, 1.54) is 0 Å². The monoisotopic (exact) mass is 294 g/mol. The second-order valence-corrected chi connectivity index (χ2v) is 5.29. The van der Waals surface area contributed by atoms with E-state index in [-0.39, 0.29) is 24.6 Å². The standard InChI is InChI=1S/C15H22N2O4/c1-10-12(14(18)21-9-8-20-2)13(17-15(19)16-10)11-6-4-3-5-7-11/h3-4,11,13H,5-9H2,1-2H3,(H2,16,17,19)/t11-,13-/m0/s1. The fourth-order valence-electron chi connectivity index (χ4n) is 2.77. The number of hydrogen-bond acceptors (Lipinski definition) is 4. The van der Waals surface area contributed by atoms with Gasteiger partial charge in [-0.05, 0) is 32.1 Å². The van der Waals surface area contributed by atoms with Crippen LogP contribution in [0.5, 0.6) is 0 Å². The maximum atomic E-state index is 12.3. The molecule has 0 aromatic heterocycles. The van der Waals surface area contributed by atoms with E-state index in [1.807, 2.05) is 0 Å². The minimum atomic E-state index is -0.392. The second-order valence-electron chi connectivity index (χ2n) is 5.29. The van der Waals surface area contributed by atoms with Gasteiger partial charge in [-0.2, -0.15) is 0 Å². The molecule has 0 unspecified atom stereocenters. The number of urea groups is 1. The van der Waals surface area contributed by atoms with Gasteiger partial charge in [0.05, 0.1) is 18.2 Å². The van der Waals surface area contributed by atoms with Crippen LogP contribution < -0.4 is 10.6 Å². The summed E-state index contributed by atoms with van der Waals surface area (Å²) in [6.07, 6.45) is 7.00. The summed E-state index contributed by atoms with van der Waals surface area (Å²) in [5.74, 6) is -0.169. The fourth-order valence-corrected chi connectivity index (χ4v) is 2.77. The van der Waals surface area contributed by atoms with Crippen LogP contribution in [0, 0.1) is 5.92 Å². The molecule has 0 aromatic rings. The maximum absolute atomic E-state index is 12.3. The molecule has 6 heteroatoms. The molecule has 0 bridgehead atoms. The number of esters is 1. The first-order chi connectivity index (χ1) is 10.1. The highest BCUT2D eigenvalue weighted by atomic mass is 16.6. The van der Waals surface area contributed by atoms with Crippen molar-refractivity contribution in [3.63, 3.8) is 0 Å². The number of allylic oxidation sites excluding steroid dienone is 3. The zero-order valence-corrected chi connectivity index (χ0v) is 12.5. The smallest absolute Gasteiger partial charge is 0.337 e. The predicted molar refractivity (Wildman–Crippen MR) is 77.5 cm³/mol. The van der Waals surface area contributed by atoms with Crippen LogP contribution in [0.15, 0.2) is 23.4 Å². The summed E-state index contributed by atoms with van der Waals surface area (Å²) >= 11 is 0. The third-order valence-corrected chi connectivity index (χ3v) is 3.82. The summed E-state index contributed by atoms with van der Waals surface area (Å²) in [5, 5.41) is 5.51. The lowest BCUT2D eigenvalue weighted by Crippen LogP contribution is -2.53. The zero-order chi connectivity index (χ0) is 15.2. The molecule has 6 nitrogen and oxygen atoms in total. The van der Waals surface area contributed by atoms with Gasteiger partial charge in [0.15, 0.2) is 0 Å². The zero-order valence-electron chi connectivity index (χ0n) is 12.5. The topological polar surface area (TPSA) is 76.7 Å². The summed E-state index contributed by atoms with van der Waals surface area (Å²) < 4.78 is 10.1. The van der Waals surface area contributed by atoms with Crippen molar-refractivity contribution in [2.45, 2.75) is 32.2 Å². The van der Waals surface area contributed by atoms with E-state index in [0.29, 0.717) is 17.9 Å². The SMILES string of the molecule is COCCOC(=O)C1=C(C)NC(=O)N[C@H]1[C@H]1CC=CCC1. The van der Waals surface area contributed by atoms with Gasteiger partial charge in [0.25, 0.3) is 0 Å². The Bertz CT molecular complexity index is 470. The quantitative estimate of drug-likeness (QED) is 0.457. The lowest BCUT2D eigenvalue weighted by molar-refractivity contribution is -0.141. The molecule has 2 rings (SSSR count). The van der Waals surface area contributed by atoms with Gasteiger partial charge in [0.1, 0.15) is 6.61 Å². The molecular weight excluding hydrogens is 272 g/mol. The number of hydrogen-bond donors (Lipinski definition) is 2. The molecule has 0 spiro atoms. The molecule has 1 heterocycles. The van der Waals surface area contributed by atoms with Gasteiger partial charge >= 0.3 is 12.0 Å². The molecule has 0 saturated heterocycles. The van der Waals surface area contributed by atoms with Crippen LogP contribution in [0.1, 0.15) is 26.2 Å². The van der Waals surface area contributed by atoms with Gasteiger partial charge in [-0.25, -0.2) is 9.59 Å². The van der Waals surface area contributed by atoms with Gasteiger partial charge < -0.3 is 20.1 Å². The largest absolute Gasteiger partial charge is 0.460 e. The second kappa shape index (κ2) is 7.26. The molecule has 0 saturated carbocycles. The third-order valence-electron chi connectivity index (χ3n) is 3.82. The van der Waals surface area contributed by atoms with Crippen molar-refractivity contribution in [2.75, 3.05) is 20.3 Å². The number of methoxy groups -OCH3 is 1. The normalized spacial score (nSPS) is 25.3. The van der Waals surface area contributed by atoms with E-state index >= 15 is 0 Å². The Morgan fingerprint density at radius 2 is 2.19 bits per heavy atom. The van der Waals surface area contributed by atoms with Crippen LogP contribution in [-0.2, 0) is 14.3 Å². The summed E-state index contributed by atoms with van der Waals surface area (Å²) in [5.41, 5.74) is 1.09. The molecule has 21 heavy (non-hydrogen) atoms. The Labute approximate surface area is 124 Å². The average molecular weight is 294 g/mol. The van der Waals surface area contributed by atoms with E-state index in [4.69, 9.17) is 9.47 Å². The minimum absolute atomic E-state index is 0.206.